The third-order valence-corrected chi connectivity index (χ3v) is 4.57. The first-order valence-electron chi connectivity index (χ1n) is 9.24. The summed E-state index contributed by atoms with van der Waals surface area (Å²) in [6, 6.07) is 26.9. The molecule has 0 aliphatic carbocycles. The Morgan fingerprint density at radius 3 is 2.31 bits per heavy atom. The van der Waals surface area contributed by atoms with Gasteiger partial charge in [-0.2, -0.15) is 0 Å². The SMILES string of the molecule is COc1ccccc1CNC(=O)c1nnn(-c2ccccc2)c1-c1ccccc1. The van der Waals surface area contributed by atoms with Crippen LogP contribution >= 0.6 is 0 Å². The molecule has 0 bridgehead atoms. The molecule has 1 N–H and O–H groups in total. The smallest absolute Gasteiger partial charge is 0.274 e. The number of para-hydroxylation sites is 2. The number of nitrogens with zero attached hydrogens (tertiary/aromatic N) is 3. The molecule has 1 heterocycles. The van der Waals surface area contributed by atoms with Gasteiger partial charge in [-0.05, 0) is 18.2 Å². The van der Waals surface area contributed by atoms with Crippen molar-refractivity contribution in [1.29, 1.82) is 0 Å². The zero-order chi connectivity index (χ0) is 20.1. The van der Waals surface area contributed by atoms with Crippen LogP contribution in [-0.2, 0) is 6.54 Å². The fourth-order valence-electron chi connectivity index (χ4n) is 3.15. The van der Waals surface area contributed by atoms with Crippen molar-refractivity contribution < 1.29 is 9.53 Å². The minimum atomic E-state index is -0.294. The van der Waals surface area contributed by atoms with Gasteiger partial charge in [0.15, 0.2) is 5.69 Å². The van der Waals surface area contributed by atoms with Crippen molar-refractivity contribution in [1.82, 2.24) is 20.3 Å². The standard InChI is InChI=1S/C23H20N4O2/c1-29-20-15-9-8-12-18(20)16-24-23(28)21-22(17-10-4-2-5-11-17)27(26-25-21)19-13-6-3-7-14-19/h2-15H,16H2,1H3,(H,24,28). The molecule has 3 aromatic carbocycles. The number of carbonyl (C=O) groups is 1. The Hall–Kier alpha value is -3.93. The van der Waals surface area contributed by atoms with E-state index in [1.54, 1.807) is 11.8 Å². The monoisotopic (exact) mass is 384 g/mol. The van der Waals surface area contributed by atoms with Crippen LogP contribution < -0.4 is 10.1 Å². The molecule has 1 amide bonds. The molecule has 1 aromatic heterocycles. The van der Waals surface area contributed by atoms with Crippen molar-refractivity contribution in [3.63, 3.8) is 0 Å². The van der Waals surface area contributed by atoms with Gasteiger partial charge in [-0.15, -0.1) is 5.10 Å². The summed E-state index contributed by atoms with van der Waals surface area (Å²) in [5.41, 5.74) is 3.51. The van der Waals surface area contributed by atoms with Crippen LogP contribution in [0.4, 0.5) is 0 Å². The van der Waals surface area contributed by atoms with Gasteiger partial charge in [0.2, 0.25) is 0 Å². The summed E-state index contributed by atoms with van der Waals surface area (Å²) in [6.45, 7) is 0.329. The predicted molar refractivity (Wildman–Crippen MR) is 111 cm³/mol. The largest absolute Gasteiger partial charge is 0.496 e. The lowest BCUT2D eigenvalue weighted by Gasteiger charge is -2.10. The molecule has 4 rings (SSSR count). The third-order valence-electron chi connectivity index (χ3n) is 4.57. The van der Waals surface area contributed by atoms with Crippen molar-refractivity contribution in [2.24, 2.45) is 0 Å². The molecule has 6 heteroatoms. The van der Waals surface area contributed by atoms with Crippen LogP contribution in [0.5, 0.6) is 5.75 Å². The fraction of sp³-hybridized carbons (Fsp3) is 0.0870. The first-order chi connectivity index (χ1) is 14.3. The molecule has 0 atom stereocenters. The van der Waals surface area contributed by atoms with E-state index in [0.717, 1.165) is 22.6 Å². The van der Waals surface area contributed by atoms with E-state index in [1.807, 2.05) is 84.9 Å². The van der Waals surface area contributed by atoms with Crippen molar-refractivity contribution in [3.8, 4) is 22.7 Å². The summed E-state index contributed by atoms with van der Waals surface area (Å²) in [4.78, 5) is 13.0. The number of hydrogen-bond acceptors (Lipinski definition) is 4. The normalized spacial score (nSPS) is 10.5. The van der Waals surface area contributed by atoms with E-state index in [9.17, 15) is 4.79 Å². The first kappa shape index (κ1) is 18.4. The van der Waals surface area contributed by atoms with Gasteiger partial charge in [-0.25, -0.2) is 4.68 Å². The summed E-state index contributed by atoms with van der Waals surface area (Å²) >= 11 is 0. The number of ether oxygens (including phenoxy) is 1. The van der Waals surface area contributed by atoms with E-state index in [2.05, 4.69) is 15.6 Å². The van der Waals surface area contributed by atoms with Gasteiger partial charge in [-0.3, -0.25) is 4.79 Å². The number of carbonyl (C=O) groups excluding carboxylic acids is 1. The third kappa shape index (κ3) is 3.87. The maximum Gasteiger partial charge on any atom is 0.274 e. The summed E-state index contributed by atoms with van der Waals surface area (Å²) < 4.78 is 7.04. The van der Waals surface area contributed by atoms with Crippen LogP contribution in [0.1, 0.15) is 16.1 Å². The van der Waals surface area contributed by atoms with Gasteiger partial charge in [0, 0.05) is 17.7 Å². The molecule has 0 radical (unpaired) electrons. The highest BCUT2D eigenvalue weighted by Gasteiger charge is 2.22. The Kier molecular flexibility index (Phi) is 5.33. The molecule has 6 nitrogen and oxygen atoms in total. The van der Waals surface area contributed by atoms with Crippen molar-refractivity contribution in [2.45, 2.75) is 6.54 Å². The molecule has 144 valence electrons. The van der Waals surface area contributed by atoms with Crippen LogP contribution in [0.2, 0.25) is 0 Å². The van der Waals surface area contributed by atoms with Crippen LogP contribution in [0.25, 0.3) is 16.9 Å². The molecule has 0 saturated heterocycles. The topological polar surface area (TPSA) is 69.0 Å². The van der Waals surface area contributed by atoms with Gasteiger partial charge in [0.25, 0.3) is 5.91 Å². The lowest BCUT2D eigenvalue weighted by atomic mass is 10.1. The van der Waals surface area contributed by atoms with Crippen molar-refractivity contribution in [2.75, 3.05) is 7.11 Å². The zero-order valence-electron chi connectivity index (χ0n) is 15.9. The van der Waals surface area contributed by atoms with E-state index in [-0.39, 0.29) is 11.6 Å². The predicted octanol–water partition coefficient (Wildman–Crippen LogP) is 3.87. The van der Waals surface area contributed by atoms with E-state index < -0.39 is 0 Å². The molecule has 4 aromatic rings. The second-order valence-electron chi connectivity index (χ2n) is 6.39. The quantitative estimate of drug-likeness (QED) is 0.548. The highest BCUT2D eigenvalue weighted by atomic mass is 16.5. The van der Waals surface area contributed by atoms with E-state index in [4.69, 9.17) is 4.74 Å². The first-order valence-corrected chi connectivity index (χ1v) is 9.24. The number of hydrogen-bond donors (Lipinski definition) is 1. The molecular weight excluding hydrogens is 364 g/mol. The second-order valence-corrected chi connectivity index (χ2v) is 6.39. The Bertz CT molecular complexity index is 1110. The molecular formula is C23H20N4O2. The molecule has 29 heavy (non-hydrogen) atoms. The summed E-state index contributed by atoms with van der Waals surface area (Å²) in [7, 11) is 1.61. The number of nitrogens with one attached hydrogen (secondary N) is 1. The van der Waals surface area contributed by atoms with Crippen molar-refractivity contribution in [3.05, 3.63) is 96.2 Å². The Morgan fingerprint density at radius 1 is 0.931 bits per heavy atom. The highest BCUT2D eigenvalue weighted by Crippen LogP contribution is 2.25. The van der Waals surface area contributed by atoms with Gasteiger partial charge < -0.3 is 10.1 Å². The van der Waals surface area contributed by atoms with E-state index >= 15 is 0 Å². The molecule has 0 unspecified atom stereocenters. The van der Waals surface area contributed by atoms with Gasteiger partial charge in [0.1, 0.15) is 11.4 Å². The van der Waals surface area contributed by atoms with Gasteiger partial charge >= 0.3 is 0 Å². The fourth-order valence-corrected chi connectivity index (χ4v) is 3.15. The van der Waals surface area contributed by atoms with Crippen LogP contribution in [0.15, 0.2) is 84.9 Å². The number of amides is 1. The maximum atomic E-state index is 13.0. The van der Waals surface area contributed by atoms with Gasteiger partial charge in [-0.1, -0.05) is 71.9 Å². The van der Waals surface area contributed by atoms with Crippen molar-refractivity contribution >= 4 is 5.91 Å². The molecule has 0 saturated carbocycles. The van der Waals surface area contributed by atoms with E-state index in [1.165, 1.54) is 0 Å². The number of benzene rings is 3. The number of methoxy groups -OCH3 is 1. The zero-order valence-corrected chi connectivity index (χ0v) is 15.9. The minimum absolute atomic E-state index is 0.273. The number of aromatic nitrogens is 3. The Balaban J connectivity index is 1.68. The maximum absolute atomic E-state index is 13.0. The van der Waals surface area contributed by atoms with Crippen LogP contribution in [0, 0.1) is 0 Å². The summed E-state index contributed by atoms with van der Waals surface area (Å²) in [5, 5.41) is 11.4. The molecule has 0 aliphatic heterocycles. The molecule has 0 aliphatic rings. The number of rotatable bonds is 6. The van der Waals surface area contributed by atoms with E-state index in [0.29, 0.717) is 12.2 Å². The average Bonchev–Trinajstić information content (AvgIpc) is 3.24. The second kappa shape index (κ2) is 8.39. The van der Waals surface area contributed by atoms with Crippen LogP contribution in [-0.4, -0.2) is 28.0 Å². The summed E-state index contributed by atoms with van der Waals surface area (Å²) in [6.07, 6.45) is 0. The molecule has 0 fully saturated rings. The van der Waals surface area contributed by atoms with Crippen LogP contribution in [0.3, 0.4) is 0 Å². The van der Waals surface area contributed by atoms with Gasteiger partial charge in [0.05, 0.1) is 12.8 Å². The highest BCUT2D eigenvalue weighted by molar-refractivity contribution is 5.98. The Labute approximate surface area is 168 Å². The summed E-state index contributed by atoms with van der Waals surface area (Å²) in [5.74, 6) is 0.431. The molecule has 0 spiro atoms. The lowest BCUT2D eigenvalue weighted by molar-refractivity contribution is 0.0946. The lowest BCUT2D eigenvalue weighted by Crippen LogP contribution is -2.24. The minimum Gasteiger partial charge on any atom is -0.496 e. The average molecular weight is 384 g/mol. The Morgan fingerprint density at radius 2 is 1.59 bits per heavy atom.